The van der Waals surface area contributed by atoms with Crippen molar-refractivity contribution in [1.29, 1.82) is 0 Å². The summed E-state index contributed by atoms with van der Waals surface area (Å²) in [6.45, 7) is 2.22. The number of hydrogen-bond donors (Lipinski definition) is 1. The van der Waals surface area contributed by atoms with E-state index >= 15 is 0 Å². The van der Waals surface area contributed by atoms with Crippen LogP contribution in [0.4, 0.5) is 10.2 Å². The first kappa shape index (κ1) is 17.6. The maximum Gasteiger partial charge on any atom is 0.278 e. The van der Waals surface area contributed by atoms with Gasteiger partial charge in [0.2, 0.25) is 0 Å². The van der Waals surface area contributed by atoms with Crippen molar-refractivity contribution in [3.05, 3.63) is 62.7 Å². The molecule has 9 heteroatoms. The third-order valence-corrected chi connectivity index (χ3v) is 5.01. The number of aryl methyl sites for hydroxylation is 1. The number of rotatable bonds is 4. The summed E-state index contributed by atoms with van der Waals surface area (Å²) in [6, 6.07) is 5.86. The van der Waals surface area contributed by atoms with Gasteiger partial charge in [0, 0.05) is 24.3 Å². The second kappa shape index (κ2) is 6.97. The molecule has 3 aromatic rings. The number of carbonyl (C=O) groups excluding carboxylic acids is 1. The highest BCUT2D eigenvalue weighted by molar-refractivity contribution is 9.10. The topological polar surface area (TPSA) is 64.7 Å². The number of carbonyl (C=O) groups is 1. The van der Waals surface area contributed by atoms with Gasteiger partial charge in [-0.15, -0.1) is 0 Å². The van der Waals surface area contributed by atoms with Crippen molar-refractivity contribution in [2.45, 2.75) is 13.5 Å². The lowest BCUT2D eigenvalue weighted by Crippen LogP contribution is -2.14. The van der Waals surface area contributed by atoms with Crippen LogP contribution in [0.2, 0.25) is 5.02 Å². The molecule has 6 nitrogen and oxygen atoms in total. The second-order valence-electron chi connectivity index (χ2n) is 5.46. The summed E-state index contributed by atoms with van der Waals surface area (Å²) in [6.07, 6.45) is 1.70. The molecule has 1 amide bonds. The molecule has 0 bridgehead atoms. The molecule has 0 fully saturated rings. The summed E-state index contributed by atoms with van der Waals surface area (Å²) in [4.78, 5) is 12.3. The summed E-state index contributed by atoms with van der Waals surface area (Å²) in [5, 5.41) is 11.5. The first-order valence-corrected chi connectivity index (χ1v) is 8.50. The lowest BCUT2D eigenvalue weighted by atomic mass is 10.2. The van der Waals surface area contributed by atoms with E-state index in [1.807, 2.05) is 6.92 Å². The van der Waals surface area contributed by atoms with Crippen molar-refractivity contribution < 1.29 is 9.18 Å². The molecule has 0 saturated heterocycles. The molecule has 2 aromatic heterocycles. The van der Waals surface area contributed by atoms with E-state index in [-0.39, 0.29) is 11.6 Å². The van der Waals surface area contributed by atoms with Gasteiger partial charge in [0.25, 0.3) is 5.91 Å². The highest BCUT2D eigenvalue weighted by atomic mass is 79.9. The average Bonchev–Trinajstić information content (AvgIpc) is 3.10. The summed E-state index contributed by atoms with van der Waals surface area (Å²) in [5.41, 5.74) is 1.87. The Morgan fingerprint density at radius 2 is 2.12 bits per heavy atom. The zero-order valence-electron chi connectivity index (χ0n) is 13.4. The van der Waals surface area contributed by atoms with Crippen LogP contribution < -0.4 is 5.32 Å². The number of halogens is 3. The largest absolute Gasteiger partial charge is 0.304 e. The predicted octanol–water partition coefficient (Wildman–Crippen LogP) is 3.78. The zero-order valence-corrected chi connectivity index (χ0v) is 15.8. The van der Waals surface area contributed by atoms with Crippen LogP contribution in [0.3, 0.4) is 0 Å². The molecule has 0 aliphatic heterocycles. The summed E-state index contributed by atoms with van der Waals surface area (Å²) >= 11 is 9.38. The van der Waals surface area contributed by atoms with Crippen molar-refractivity contribution in [3.63, 3.8) is 0 Å². The molecule has 0 spiro atoms. The third-order valence-electron chi connectivity index (χ3n) is 3.71. The van der Waals surface area contributed by atoms with Gasteiger partial charge in [-0.2, -0.15) is 10.2 Å². The van der Waals surface area contributed by atoms with Gasteiger partial charge >= 0.3 is 0 Å². The molecule has 0 aliphatic rings. The van der Waals surface area contributed by atoms with Gasteiger partial charge in [-0.25, -0.2) is 4.39 Å². The van der Waals surface area contributed by atoms with Crippen LogP contribution in [0.25, 0.3) is 0 Å². The summed E-state index contributed by atoms with van der Waals surface area (Å²) in [5.74, 6) is -0.363. The lowest BCUT2D eigenvalue weighted by molar-refractivity contribution is 0.102. The zero-order chi connectivity index (χ0) is 18.1. The molecule has 3 rings (SSSR count). The Balaban J connectivity index is 1.73. The average molecular weight is 427 g/mol. The molecule has 0 radical (unpaired) electrons. The van der Waals surface area contributed by atoms with Crippen LogP contribution in [0.5, 0.6) is 0 Å². The number of amides is 1. The van der Waals surface area contributed by atoms with Gasteiger partial charge in [0.05, 0.1) is 16.7 Å². The van der Waals surface area contributed by atoms with Gasteiger partial charge in [-0.1, -0.05) is 17.7 Å². The lowest BCUT2D eigenvalue weighted by Gasteiger charge is -2.05. The van der Waals surface area contributed by atoms with Crippen molar-refractivity contribution in [1.82, 2.24) is 19.6 Å². The smallest absolute Gasteiger partial charge is 0.278 e. The molecule has 1 N–H and O–H groups in total. The van der Waals surface area contributed by atoms with E-state index in [9.17, 15) is 9.18 Å². The first-order chi connectivity index (χ1) is 11.8. The van der Waals surface area contributed by atoms with Crippen molar-refractivity contribution in [2.75, 3.05) is 5.32 Å². The minimum Gasteiger partial charge on any atom is -0.304 e. The molecule has 0 saturated carbocycles. The van der Waals surface area contributed by atoms with Crippen LogP contribution >= 0.6 is 27.5 Å². The maximum absolute atomic E-state index is 13.1. The minimum atomic E-state index is -0.390. The number of nitrogens with one attached hydrogen (secondary N) is 1. The molecule has 25 heavy (non-hydrogen) atoms. The van der Waals surface area contributed by atoms with Gasteiger partial charge in [0.15, 0.2) is 11.5 Å². The quantitative estimate of drug-likeness (QED) is 0.690. The van der Waals surface area contributed by atoms with E-state index in [0.29, 0.717) is 21.9 Å². The van der Waals surface area contributed by atoms with E-state index < -0.39 is 5.82 Å². The first-order valence-electron chi connectivity index (χ1n) is 7.33. The summed E-state index contributed by atoms with van der Waals surface area (Å²) < 4.78 is 17.0. The Labute approximate surface area is 156 Å². The van der Waals surface area contributed by atoms with E-state index in [2.05, 4.69) is 31.4 Å². The van der Waals surface area contributed by atoms with Gasteiger partial charge in [-0.05, 0) is 40.5 Å². The number of anilines is 1. The Morgan fingerprint density at radius 1 is 1.36 bits per heavy atom. The van der Waals surface area contributed by atoms with E-state index in [4.69, 9.17) is 11.6 Å². The van der Waals surface area contributed by atoms with Crippen molar-refractivity contribution >= 4 is 39.3 Å². The number of hydrogen-bond acceptors (Lipinski definition) is 3. The van der Waals surface area contributed by atoms with Crippen LogP contribution in [0.15, 0.2) is 34.9 Å². The second-order valence-corrected chi connectivity index (χ2v) is 6.66. The molecule has 0 aliphatic carbocycles. The van der Waals surface area contributed by atoms with E-state index in [1.54, 1.807) is 34.7 Å². The van der Waals surface area contributed by atoms with Crippen LogP contribution in [0, 0.1) is 12.7 Å². The predicted molar refractivity (Wildman–Crippen MR) is 96.3 cm³/mol. The molecule has 1 aromatic carbocycles. The van der Waals surface area contributed by atoms with Crippen LogP contribution in [0.1, 0.15) is 21.7 Å². The Hall–Kier alpha value is -2.19. The molecular weight excluding hydrogens is 413 g/mol. The number of benzene rings is 1. The number of nitrogens with zero attached hydrogens (tertiary/aromatic N) is 4. The van der Waals surface area contributed by atoms with Gasteiger partial charge < -0.3 is 5.32 Å². The van der Waals surface area contributed by atoms with Crippen LogP contribution in [-0.4, -0.2) is 25.5 Å². The molecule has 130 valence electrons. The third kappa shape index (κ3) is 3.74. The highest BCUT2D eigenvalue weighted by Crippen LogP contribution is 2.21. The fourth-order valence-corrected chi connectivity index (χ4v) is 2.99. The monoisotopic (exact) mass is 425 g/mol. The van der Waals surface area contributed by atoms with Crippen LogP contribution in [-0.2, 0) is 13.6 Å². The fraction of sp³-hybridized carbons (Fsp3) is 0.188. The Kier molecular flexibility index (Phi) is 4.91. The standard InChI is InChI=1S/C16H14BrClFN5O/c1-9-14(17)15(22-23(9)2)16(25)20-13-5-6-24(21-13)8-10-3-4-11(19)7-12(10)18/h3-7H,8H2,1-2H3,(H,20,21,25). The normalized spacial score (nSPS) is 10.9. The summed E-state index contributed by atoms with van der Waals surface area (Å²) in [7, 11) is 1.76. The van der Waals surface area contributed by atoms with Crippen molar-refractivity contribution in [2.24, 2.45) is 7.05 Å². The Morgan fingerprint density at radius 3 is 2.76 bits per heavy atom. The Bertz CT molecular complexity index is 952. The molecule has 2 heterocycles. The fourth-order valence-electron chi connectivity index (χ4n) is 2.24. The SMILES string of the molecule is Cc1c(Br)c(C(=O)Nc2ccn(Cc3ccc(F)cc3Cl)n2)nn1C. The highest BCUT2D eigenvalue weighted by Gasteiger charge is 2.18. The van der Waals surface area contributed by atoms with E-state index in [0.717, 1.165) is 11.3 Å². The maximum atomic E-state index is 13.1. The number of aromatic nitrogens is 4. The van der Waals surface area contributed by atoms with Crippen molar-refractivity contribution in [3.8, 4) is 0 Å². The molecule has 0 atom stereocenters. The minimum absolute atomic E-state index is 0.288. The van der Waals surface area contributed by atoms with Gasteiger partial charge in [-0.3, -0.25) is 14.2 Å². The molecular formula is C16H14BrClFN5O. The van der Waals surface area contributed by atoms with E-state index in [1.165, 1.54) is 12.1 Å². The molecule has 0 unspecified atom stereocenters. The van der Waals surface area contributed by atoms with Gasteiger partial charge in [0.1, 0.15) is 5.82 Å².